The van der Waals surface area contributed by atoms with Crippen molar-refractivity contribution in [2.45, 2.75) is 27.1 Å². The Morgan fingerprint density at radius 1 is 1.25 bits per heavy atom. The summed E-state index contributed by atoms with van der Waals surface area (Å²) in [5.41, 5.74) is -0.438. The minimum absolute atomic E-state index is 0.0169. The van der Waals surface area contributed by atoms with E-state index in [1.54, 1.807) is 12.1 Å². The molecule has 4 nitrogen and oxygen atoms in total. The highest BCUT2D eigenvalue weighted by atomic mass is 16.7. The molecule has 2 rings (SSSR count). The van der Waals surface area contributed by atoms with E-state index in [1.165, 1.54) is 0 Å². The van der Waals surface area contributed by atoms with Gasteiger partial charge in [-0.25, -0.2) is 0 Å². The van der Waals surface area contributed by atoms with E-state index in [0.29, 0.717) is 24.7 Å². The smallest absolute Gasteiger partial charge is 0.217 e. The molecule has 0 aromatic carbocycles. The number of hydrogen-bond donors (Lipinski definition) is 0. The largest absolute Gasteiger partial charge is 0.453 e. The van der Waals surface area contributed by atoms with Crippen molar-refractivity contribution in [3.05, 3.63) is 23.7 Å². The molecule has 1 fully saturated rings. The number of rotatable bonds is 2. The first-order valence-corrected chi connectivity index (χ1v) is 5.36. The summed E-state index contributed by atoms with van der Waals surface area (Å²) in [6.45, 7) is 6.71. The third kappa shape index (κ3) is 2.18. The maximum atomic E-state index is 11.9. The van der Waals surface area contributed by atoms with Gasteiger partial charge >= 0.3 is 0 Å². The Balaban J connectivity index is 2.16. The summed E-state index contributed by atoms with van der Waals surface area (Å²) in [4.78, 5) is 11.9. The van der Waals surface area contributed by atoms with Crippen molar-refractivity contribution in [1.29, 1.82) is 0 Å². The van der Waals surface area contributed by atoms with Crippen LogP contribution in [0.15, 0.2) is 16.5 Å². The molecule has 2 heterocycles. The normalized spacial score (nSPS) is 17.9. The minimum atomic E-state index is -0.457. The number of ether oxygens (including phenoxy) is 2. The Bertz CT molecular complexity index is 380. The van der Waals surface area contributed by atoms with E-state index in [1.807, 2.05) is 20.8 Å². The molecule has 1 aromatic rings. The lowest BCUT2D eigenvalue weighted by Gasteiger charge is -2.14. The van der Waals surface area contributed by atoms with Crippen LogP contribution in [0.4, 0.5) is 0 Å². The second-order valence-electron chi connectivity index (χ2n) is 4.85. The zero-order valence-corrected chi connectivity index (χ0v) is 9.78. The van der Waals surface area contributed by atoms with E-state index in [2.05, 4.69) is 0 Å². The summed E-state index contributed by atoms with van der Waals surface area (Å²) >= 11 is 0. The monoisotopic (exact) mass is 224 g/mol. The quantitative estimate of drug-likeness (QED) is 0.724. The average molecular weight is 224 g/mol. The molecule has 1 aromatic heterocycles. The van der Waals surface area contributed by atoms with Crippen molar-refractivity contribution in [3.63, 3.8) is 0 Å². The van der Waals surface area contributed by atoms with E-state index < -0.39 is 11.7 Å². The van der Waals surface area contributed by atoms with Crippen LogP contribution in [0.3, 0.4) is 0 Å². The zero-order chi connectivity index (χ0) is 11.8. The molecule has 0 unspecified atom stereocenters. The van der Waals surface area contributed by atoms with Gasteiger partial charge in [-0.15, -0.1) is 0 Å². The molecule has 1 saturated heterocycles. The van der Waals surface area contributed by atoms with Gasteiger partial charge in [0.2, 0.25) is 12.1 Å². The molecule has 16 heavy (non-hydrogen) atoms. The maximum Gasteiger partial charge on any atom is 0.217 e. The zero-order valence-electron chi connectivity index (χ0n) is 9.78. The van der Waals surface area contributed by atoms with Crippen LogP contribution >= 0.6 is 0 Å². The molecule has 4 heteroatoms. The van der Waals surface area contributed by atoms with Gasteiger partial charge in [-0.05, 0) is 12.1 Å². The number of hydrogen-bond acceptors (Lipinski definition) is 4. The van der Waals surface area contributed by atoms with E-state index in [9.17, 15) is 4.79 Å². The number of carbonyl (C=O) groups is 1. The van der Waals surface area contributed by atoms with Gasteiger partial charge in [0.25, 0.3) is 0 Å². The van der Waals surface area contributed by atoms with Crippen LogP contribution in [0, 0.1) is 5.41 Å². The molecular formula is C12H16O4. The molecule has 0 aliphatic carbocycles. The lowest BCUT2D eigenvalue weighted by molar-refractivity contribution is -0.0592. The van der Waals surface area contributed by atoms with Crippen LogP contribution in [0.25, 0.3) is 0 Å². The predicted molar refractivity (Wildman–Crippen MR) is 57.1 cm³/mol. The highest BCUT2D eigenvalue weighted by Gasteiger charge is 2.28. The molecule has 0 atom stereocenters. The average Bonchev–Trinajstić information content (AvgIpc) is 2.85. The molecule has 88 valence electrons. The molecule has 0 spiro atoms. The Hall–Kier alpha value is -1.13. The lowest BCUT2D eigenvalue weighted by Crippen LogP contribution is -2.19. The minimum Gasteiger partial charge on any atom is -0.453 e. The lowest BCUT2D eigenvalue weighted by atomic mass is 9.89. The van der Waals surface area contributed by atoms with Crippen LogP contribution in [-0.4, -0.2) is 19.0 Å². The number of furan rings is 1. The van der Waals surface area contributed by atoms with Crippen molar-refractivity contribution >= 4 is 5.78 Å². The highest BCUT2D eigenvalue weighted by Crippen LogP contribution is 2.28. The van der Waals surface area contributed by atoms with Crippen LogP contribution in [0.2, 0.25) is 0 Å². The predicted octanol–water partition coefficient (Wildman–Crippen LogP) is 2.55. The molecule has 0 amide bonds. The van der Waals surface area contributed by atoms with Crippen molar-refractivity contribution in [1.82, 2.24) is 0 Å². The summed E-state index contributed by atoms with van der Waals surface area (Å²) in [7, 11) is 0. The molecule has 1 aliphatic heterocycles. The standard InChI is InChI=1S/C12H16O4/c1-12(2,3)10(13)8-4-5-9(16-8)11-14-6-7-15-11/h4-5,11H,6-7H2,1-3H3. The first-order chi connectivity index (χ1) is 7.48. The van der Waals surface area contributed by atoms with Crippen molar-refractivity contribution in [2.75, 3.05) is 13.2 Å². The van der Waals surface area contributed by atoms with Crippen LogP contribution in [0.1, 0.15) is 43.4 Å². The van der Waals surface area contributed by atoms with Crippen LogP contribution in [-0.2, 0) is 9.47 Å². The topological polar surface area (TPSA) is 48.7 Å². The van der Waals surface area contributed by atoms with E-state index in [-0.39, 0.29) is 5.78 Å². The first kappa shape index (κ1) is 11.4. The van der Waals surface area contributed by atoms with Crippen LogP contribution < -0.4 is 0 Å². The third-order valence-electron chi connectivity index (χ3n) is 2.39. The Kier molecular flexibility index (Phi) is 2.86. The van der Waals surface area contributed by atoms with Gasteiger partial charge in [0.15, 0.2) is 11.5 Å². The van der Waals surface area contributed by atoms with E-state index in [4.69, 9.17) is 13.9 Å². The van der Waals surface area contributed by atoms with Gasteiger partial charge in [0.1, 0.15) is 0 Å². The fourth-order valence-corrected chi connectivity index (χ4v) is 1.49. The van der Waals surface area contributed by atoms with Crippen molar-refractivity contribution in [3.8, 4) is 0 Å². The van der Waals surface area contributed by atoms with E-state index >= 15 is 0 Å². The summed E-state index contributed by atoms with van der Waals surface area (Å²) < 4.78 is 16.0. The summed E-state index contributed by atoms with van der Waals surface area (Å²) in [5, 5.41) is 0. The van der Waals surface area contributed by atoms with Gasteiger partial charge < -0.3 is 13.9 Å². The van der Waals surface area contributed by atoms with Crippen molar-refractivity contribution < 1.29 is 18.7 Å². The molecule has 0 radical (unpaired) electrons. The number of carbonyl (C=O) groups excluding carboxylic acids is 1. The fourth-order valence-electron chi connectivity index (χ4n) is 1.49. The Labute approximate surface area is 94.5 Å². The van der Waals surface area contributed by atoms with Gasteiger partial charge in [-0.2, -0.15) is 0 Å². The second kappa shape index (κ2) is 4.03. The summed E-state index contributed by atoms with van der Waals surface area (Å²) in [6, 6.07) is 3.41. The Morgan fingerprint density at radius 2 is 1.88 bits per heavy atom. The van der Waals surface area contributed by atoms with Gasteiger partial charge in [-0.1, -0.05) is 20.8 Å². The molecule has 1 aliphatic rings. The number of ketones is 1. The summed E-state index contributed by atoms with van der Waals surface area (Å²) in [6.07, 6.45) is -0.457. The van der Waals surface area contributed by atoms with Gasteiger partial charge in [0, 0.05) is 5.41 Å². The molecule has 0 bridgehead atoms. The third-order valence-corrected chi connectivity index (χ3v) is 2.39. The SMILES string of the molecule is CC(C)(C)C(=O)c1ccc(C2OCCO2)o1. The second-order valence-corrected chi connectivity index (χ2v) is 4.85. The molecule has 0 N–H and O–H groups in total. The van der Waals surface area contributed by atoms with Gasteiger partial charge in [0.05, 0.1) is 13.2 Å². The molecule has 0 saturated carbocycles. The number of Topliss-reactive ketones (excluding diaryl/α,β-unsaturated/α-hetero) is 1. The first-order valence-electron chi connectivity index (χ1n) is 5.36. The summed E-state index contributed by atoms with van der Waals surface area (Å²) in [5.74, 6) is 0.906. The fraction of sp³-hybridized carbons (Fsp3) is 0.583. The highest BCUT2D eigenvalue weighted by molar-refractivity contribution is 5.97. The van der Waals surface area contributed by atoms with E-state index in [0.717, 1.165) is 0 Å². The molecular weight excluding hydrogens is 208 g/mol. The van der Waals surface area contributed by atoms with Gasteiger partial charge in [-0.3, -0.25) is 4.79 Å². The van der Waals surface area contributed by atoms with Crippen LogP contribution in [0.5, 0.6) is 0 Å². The maximum absolute atomic E-state index is 11.9. The van der Waals surface area contributed by atoms with Crippen molar-refractivity contribution in [2.24, 2.45) is 5.41 Å². The Morgan fingerprint density at radius 3 is 2.44 bits per heavy atom.